The van der Waals surface area contributed by atoms with E-state index < -0.39 is 0 Å². The van der Waals surface area contributed by atoms with Crippen LogP contribution in [-0.2, 0) is 17.7 Å². The van der Waals surface area contributed by atoms with Gasteiger partial charge in [0.15, 0.2) is 11.6 Å². The Bertz CT molecular complexity index is 923. The zero-order valence-corrected chi connectivity index (χ0v) is 17.7. The van der Waals surface area contributed by atoms with E-state index in [1.807, 2.05) is 60.0 Å². The number of guanidine groups is 1. The van der Waals surface area contributed by atoms with Crippen molar-refractivity contribution in [1.82, 2.24) is 25.2 Å². The molecule has 0 spiro atoms. The lowest BCUT2D eigenvalue weighted by atomic mass is 10.2. The summed E-state index contributed by atoms with van der Waals surface area (Å²) in [4.78, 5) is 4.72. The van der Waals surface area contributed by atoms with Crippen LogP contribution in [0, 0.1) is 0 Å². The maximum absolute atomic E-state index is 5.41. The molecule has 2 aromatic heterocycles. The van der Waals surface area contributed by atoms with Crippen LogP contribution in [0.5, 0.6) is 5.75 Å². The fraction of sp³-hybridized carbons (Fsp3) is 0.409. The van der Waals surface area contributed by atoms with Gasteiger partial charge in [-0.25, -0.2) is 4.99 Å². The number of ether oxygens (including phenoxy) is 2. The summed E-state index contributed by atoms with van der Waals surface area (Å²) in [5, 5.41) is 15.3. The van der Waals surface area contributed by atoms with Crippen molar-refractivity contribution in [1.29, 1.82) is 0 Å². The SMILES string of the molecule is CCOCCCNC(=NCc1ccc(OC)cc1)NCCc1nnc2ccccn12. The fourth-order valence-corrected chi connectivity index (χ4v) is 2.96. The van der Waals surface area contributed by atoms with Crippen LogP contribution in [0.2, 0.25) is 0 Å². The first-order chi connectivity index (χ1) is 14.8. The van der Waals surface area contributed by atoms with Crippen LogP contribution in [0.15, 0.2) is 53.7 Å². The van der Waals surface area contributed by atoms with Crippen LogP contribution in [0.3, 0.4) is 0 Å². The molecule has 0 amide bonds. The van der Waals surface area contributed by atoms with E-state index in [4.69, 9.17) is 14.5 Å². The van der Waals surface area contributed by atoms with Crippen LogP contribution >= 0.6 is 0 Å². The Morgan fingerprint density at radius 1 is 1.07 bits per heavy atom. The minimum Gasteiger partial charge on any atom is -0.497 e. The maximum Gasteiger partial charge on any atom is 0.191 e. The molecule has 0 saturated heterocycles. The summed E-state index contributed by atoms with van der Waals surface area (Å²) in [6, 6.07) is 13.8. The number of hydrogen-bond donors (Lipinski definition) is 2. The van der Waals surface area contributed by atoms with Gasteiger partial charge in [0.1, 0.15) is 11.6 Å². The number of benzene rings is 1. The monoisotopic (exact) mass is 410 g/mol. The molecule has 0 aliphatic heterocycles. The van der Waals surface area contributed by atoms with Crippen LogP contribution in [0.1, 0.15) is 24.7 Å². The normalized spacial score (nSPS) is 11.6. The quantitative estimate of drug-likeness (QED) is 0.287. The summed E-state index contributed by atoms with van der Waals surface area (Å²) < 4.78 is 12.6. The molecule has 30 heavy (non-hydrogen) atoms. The van der Waals surface area contributed by atoms with E-state index in [2.05, 4.69) is 20.8 Å². The van der Waals surface area contributed by atoms with E-state index in [1.54, 1.807) is 7.11 Å². The Hall–Kier alpha value is -3.13. The summed E-state index contributed by atoms with van der Waals surface area (Å²) in [5.74, 6) is 2.54. The van der Waals surface area contributed by atoms with E-state index in [9.17, 15) is 0 Å². The van der Waals surface area contributed by atoms with Gasteiger partial charge >= 0.3 is 0 Å². The number of hydrogen-bond acceptors (Lipinski definition) is 5. The zero-order valence-electron chi connectivity index (χ0n) is 17.7. The van der Waals surface area contributed by atoms with E-state index in [0.717, 1.165) is 61.3 Å². The third-order valence-corrected chi connectivity index (χ3v) is 4.57. The molecule has 0 saturated carbocycles. The van der Waals surface area contributed by atoms with Crippen LogP contribution in [0.25, 0.3) is 5.65 Å². The predicted octanol–water partition coefficient (Wildman–Crippen LogP) is 2.44. The minimum atomic E-state index is 0.582. The molecule has 8 heteroatoms. The van der Waals surface area contributed by atoms with Crippen molar-refractivity contribution in [3.05, 3.63) is 60.0 Å². The highest BCUT2D eigenvalue weighted by Gasteiger charge is 2.05. The molecule has 0 fully saturated rings. The van der Waals surface area contributed by atoms with E-state index >= 15 is 0 Å². The Balaban J connectivity index is 1.56. The molecule has 1 aromatic carbocycles. The zero-order chi connectivity index (χ0) is 21.0. The van der Waals surface area contributed by atoms with Crippen LogP contribution in [-0.4, -0.2) is 54.0 Å². The van der Waals surface area contributed by atoms with Crippen molar-refractivity contribution in [3.8, 4) is 5.75 Å². The molecule has 0 aliphatic carbocycles. The number of fused-ring (bicyclic) bond motifs is 1. The van der Waals surface area contributed by atoms with Gasteiger partial charge in [0.2, 0.25) is 0 Å². The van der Waals surface area contributed by atoms with Gasteiger partial charge < -0.3 is 20.1 Å². The molecule has 2 heterocycles. The lowest BCUT2D eigenvalue weighted by Gasteiger charge is -2.12. The third-order valence-electron chi connectivity index (χ3n) is 4.57. The summed E-state index contributed by atoms with van der Waals surface area (Å²) in [7, 11) is 1.67. The third kappa shape index (κ3) is 6.45. The van der Waals surface area contributed by atoms with Gasteiger partial charge in [0, 0.05) is 38.9 Å². The largest absolute Gasteiger partial charge is 0.497 e. The average molecular weight is 411 g/mol. The van der Waals surface area contributed by atoms with Gasteiger partial charge in [-0.3, -0.25) is 4.40 Å². The van der Waals surface area contributed by atoms with E-state index in [-0.39, 0.29) is 0 Å². The molecule has 0 atom stereocenters. The van der Waals surface area contributed by atoms with Gasteiger partial charge in [-0.2, -0.15) is 0 Å². The molecule has 8 nitrogen and oxygen atoms in total. The smallest absolute Gasteiger partial charge is 0.191 e. The van der Waals surface area contributed by atoms with Crippen molar-refractivity contribution in [2.75, 3.05) is 33.4 Å². The predicted molar refractivity (Wildman–Crippen MR) is 118 cm³/mol. The number of aromatic nitrogens is 3. The Morgan fingerprint density at radius 3 is 2.70 bits per heavy atom. The maximum atomic E-state index is 5.41. The van der Waals surface area contributed by atoms with Gasteiger partial charge in [-0.15, -0.1) is 10.2 Å². The van der Waals surface area contributed by atoms with Crippen LogP contribution in [0.4, 0.5) is 0 Å². The molecule has 0 bridgehead atoms. The second-order valence-electron chi connectivity index (χ2n) is 6.71. The number of methoxy groups -OCH3 is 1. The molecule has 160 valence electrons. The Kier molecular flexibility index (Phi) is 8.47. The number of rotatable bonds is 11. The molecule has 2 N–H and O–H groups in total. The number of nitrogens with one attached hydrogen (secondary N) is 2. The number of aliphatic imine (C=N–C) groups is 1. The summed E-state index contributed by atoms with van der Waals surface area (Å²) in [6.45, 7) is 5.56. The minimum absolute atomic E-state index is 0.582. The highest BCUT2D eigenvalue weighted by Crippen LogP contribution is 2.11. The lowest BCUT2D eigenvalue weighted by molar-refractivity contribution is 0.145. The first-order valence-electron chi connectivity index (χ1n) is 10.3. The topological polar surface area (TPSA) is 85.1 Å². The van der Waals surface area contributed by atoms with Gasteiger partial charge in [0.25, 0.3) is 0 Å². The van der Waals surface area contributed by atoms with Gasteiger partial charge in [-0.05, 0) is 43.2 Å². The summed E-state index contributed by atoms with van der Waals surface area (Å²) in [6.07, 6.45) is 3.65. The Morgan fingerprint density at radius 2 is 1.90 bits per heavy atom. The lowest BCUT2D eigenvalue weighted by Crippen LogP contribution is -2.39. The van der Waals surface area contributed by atoms with E-state index in [1.165, 1.54) is 0 Å². The van der Waals surface area contributed by atoms with Gasteiger partial charge in [0.05, 0.1) is 13.7 Å². The standard InChI is InChI=1S/C22H30N6O2/c1-3-30-16-6-13-23-22(25-17-18-8-10-19(29-2)11-9-18)24-14-12-21-27-26-20-7-4-5-15-28(20)21/h4-5,7-11,15H,3,6,12-14,16-17H2,1-2H3,(H2,23,24,25). The average Bonchev–Trinajstić information content (AvgIpc) is 3.20. The second-order valence-corrected chi connectivity index (χ2v) is 6.71. The first kappa shape index (κ1) is 21.6. The second kappa shape index (κ2) is 11.8. The Labute approximate surface area is 177 Å². The number of nitrogens with zero attached hydrogens (tertiary/aromatic N) is 4. The highest BCUT2D eigenvalue weighted by atomic mass is 16.5. The molecule has 0 radical (unpaired) electrons. The summed E-state index contributed by atoms with van der Waals surface area (Å²) >= 11 is 0. The first-order valence-corrected chi connectivity index (χ1v) is 10.3. The molecule has 0 unspecified atom stereocenters. The number of pyridine rings is 1. The van der Waals surface area contributed by atoms with Crippen molar-refractivity contribution in [2.45, 2.75) is 26.3 Å². The molecule has 0 aliphatic rings. The highest BCUT2D eigenvalue weighted by molar-refractivity contribution is 5.79. The van der Waals surface area contributed by atoms with Crippen LogP contribution < -0.4 is 15.4 Å². The molecular weight excluding hydrogens is 380 g/mol. The van der Waals surface area contributed by atoms with Crippen molar-refractivity contribution in [2.24, 2.45) is 4.99 Å². The van der Waals surface area contributed by atoms with Crippen molar-refractivity contribution >= 4 is 11.6 Å². The summed E-state index contributed by atoms with van der Waals surface area (Å²) in [5.41, 5.74) is 1.98. The molecular formula is C22H30N6O2. The molecule has 3 rings (SSSR count). The van der Waals surface area contributed by atoms with E-state index in [0.29, 0.717) is 13.1 Å². The van der Waals surface area contributed by atoms with Crippen molar-refractivity contribution < 1.29 is 9.47 Å². The fourth-order valence-electron chi connectivity index (χ4n) is 2.96. The van der Waals surface area contributed by atoms with Crippen molar-refractivity contribution in [3.63, 3.8) is 0 Å². The molecule has 3 aromatic rings. The van der Waals surface area contributed by atoms with Gasteiger partial charge in [-0.1, -0.05) is 18.2 Å².